The number of piperazine rings is 1. The molecule has 3 heterocycles. The summed E-state index contributed by atoms with van der Waals surface area (Å²) in [6.07, 6.45) is 1.51. The Kier molecular flexibility index (Phi) is 5.06. The molecule has 0 aromatic carbocycles. The molecule has 0 saturated carbocycles. The summed E-state index contributed by atoms with van der Waals surface area (Å²) in [6, 6.07) is 1.40. The van der Waals surface area contributed by atoms with Gasteiger partial charge in [-0.1, -0.05) is 5.16 Å². The molecule has 2 aromatic rings. The van der Waals surface area contributed by atoms with Crippen LogP contribution in [0.15, 0.2) is 16.8 Å². The SMILES string of the molecule is CN1CCNCC1c1noc(Cn2ccc([N+](=O)[O-])n2)n1.Cl. The Hall–Kier alpha value is -2.04. The lowest BCUT2D eigenvalue weighted by molar-refractivity contribution is -0.389. The summed E-state index contributed by atoms with van der Waals surface area (Å²) in [5, 5.41) is 21.7. The van der Waals surface area contributed by atoms with Crippen molar-refractivity contribution in [2.45, 2.75) is 12.6 Å². The molecule has 1 unspecified atom stereocenters. The summed E-state index contributed by atoms with van der Waals surface area (Å²) in [6.45, 7) is 2.84. The van der Waals surface area contributed by atoms with Gasteiger partial charge in [-0.15, -0.1) is 12.4 Å². The van der Waals surface area contributed by atoms with Crippen LogP contribution in [0.5, 0.6) is 0 Å². The lowest BCUT2D eigenvalue weighted by atomic mass is 10.2. The molecule has 10 nitrogen and oxygen atoms in total. The average Bonchev–Trinajstić information content (AvgIpc) is 3.09. The number of nitro groups is 1. The van der Waals surface area contributed by atoms with Gasteiger partial charge >= 0.3 is 5.82 Å². The first-order valence-corrected chi connectivity index (χ1v) is 6.55. The number of likely N-dealkylation sites (N-methyl/N-ethyl adjacent to an activating group) is 1. The summed E-state index contributed by atoms with van der Waals surface area (Å²) in [5.74, 6) is 0.786. The summed E-state index contributed by atoms with van der Waals surface area (Å²) in [7, 11) is 2.01. The van der Waals surface area contributed by atoms with Crippen molar-refractivity contribution < 1.29 is 9.45 Å². The van der Waals surface area contributed by atoms with Crippen LogP contribution >= 0.6 is 12.4 Å². The van der Waals surface area contributed by atoms with Gasteiger partial charge in [-0.05, 0) is 12.0 Å². The Bertz CT molecular complexity index is 643. The van der Waals surface area contributed by atoms with Crippen molar-refractivity contribution in [3.8, 4) is 0 Å². The lowest BCUT2D eigenvalue weighted by Gasteiger charge is -2.30. The topological polar surface area (TPSA) is 115 Å². The van der Waals surface area contributed by atoms with Crippen LogP contribution in [0, 0.1) is 10.1 Å². The van der Waals surface area contributed by atoms with E-state index in [1.54, 1.807) is 0 Å². The van der Waals surface area contributed by atoms with Crippen LogP contribution in [-0.2, 0) is 6.54 Å². The number of nitrogens with one attached hydrogen (secondary N) is 1. The van der Waals surface area contributed by atoms with Crippen molar-refractivity contribution in [1.29, 1.82) is 0 Å². The predicted molar refractivity (Wildman–Crippen MR) is 77.8 cm³/mol. The van der Waals surface area contributed by atoms with Gasteiger partial charge in [0.15, 0.2) is 5.82 Å². The molecule has 1 N–H and O–H groups in total. The van der Waals surface area contributed by atoms with Crippen molar-refractivity contribution in [2.24, 2.45) is 0 Å². The van der Waals surface area contributed by atoms with Gasteiger partial charge in [-0.3, -0.25) is 4.90 Å². The van der Waals surface area contributed by atoms with Crippen molar-refractivity contribution in [3.05, 3.63) is 34.1 Å². The Morgan fingerprint density at radius 2 is 2.41 bits per heavy atom. The van der Waals surface area contributed by atoms with E-state index in [1.165, 1.54) is 16.9 Å². The molecule has 0 amide bonds. The standard InChI is InChI=1S/C11H15N7O3.ClH/c1-16-5-3-12-6-8(16)11-13-10(21-15-11)7-17-4-2-9(14-17)18(19)20;/h2,4,8,12H,3,5-7H2,1H3;1H. The molecule has 1 aliphatic rings. The molecule has 2 aromatic heterocycles. The first kappa shape index (κ1) is 16.3. The van der Waals surface area contributed by atoms with E-state index in [-0.39, 0.29) is 30.8 Å². The van der Waals surface area contributed by atoms with Crippen LogP contribution in [0.3, 0.4) is 0 Å². The fourth-order valence-electron chi connectivity index (χ4n) is 2.24. The molecular weight excluding hydrogens is 314 g/mol. The smallest absolute Gasteiger partial charge is 0.358 e. The van der Waals surface area contributed by atoms with Crippen LogP contribution in [0.25, 0.3) is 0 Å². The van der Waals surface area contributed by atoms with Gasteiger partial charge in [0, 0.05) is 19.6 Å². The molecule has 0 bridgehead atoms. The van der Waals surface area contributed by atoms with Gasteiger partial charge in [0.1, 0.15) is 6.54 Å². The fraction of sp³-hybridized carbons (Fsp3) is 0.545. The maximum Gasteiger partial charge on any atom is 0.389 e. The van der Waals surface area contributed by atoms with Crippen LogP contribution in [0.4, 0.5) is 5.82 Å². The molecular formula is C11H16ClN7O3. The Balaban J connectivity index is 0.00000176. The maximum absolute atomic E-state index is 10.6. The van der Waals surface area contributed by atoms with E-state index in [9.17, 15) is 10.1 Å². The van der Waals surface area contributed by atoms with Crippen LogP contribution in [0.1, 0.15) is 17.8 Å². The van der Waals surface area contributed by atoms with Gasteiger partial charge in [0.05, 0.1) is 23.4 Å². The van der Waals surface area contributed by atoms with Crippen LogP contribution in [0.2, 0.25) is 0 Å². The van der Waals surface area contributed by atoms with E-state index in [2.05, 4.69) is 25.5 Å². The largest absolute Gasteiger partial charge is 0.389 e. The van der Waals surface area contributed by atoms with Gasteiger partial charge < -0.3 is 20.0 Å². The second-order valence-electron chi connectivity index (χ2n) is 4.88. The number of hydrogen-bond acceptors (Lipinski definition) is 8. The third-order valence-corrected chi connectivity index (χ3v) is 3.40. The Labute approximate surface area is 132 Å². The van der Waals surface area contributed by atoms with Crippen molar-refractivity contribution in [3.63, 3.8) is 0 Å². The van der Waals surface area contributed by atoms with Crippen LogP contribution in [-0.4, -0.2) is 56.4 Å². The number of aromatic nitrogens is 4. The second kappa shape index (κ2) is 6.81. The highest BCUT2D eigenvalue weighted by molar-refractivity contribution is 5.85. The monoisotopic (exact) mass is 329 g/mol. The average molecular weight is 330 g/mol. The quantitative estimate of drug-likeness (QED) is 0.625. The van der Waals surface area contributed by atoms with Gasteiger partial charge in [-0.2, -0.15) is 9.67 Å². The molecule has 0 aliphatic carbocycles. The molecule has 22 heavy (non-hydrogen) atoms. The van der Waals surface area contributed by atoms with E-state index in [4.69, 9.17) is 4.52 Å². The van der Waals surface area contributed by atoms with E-state index >= 15 is 0 Å². The highest BCUT2D eigenvalue weighted by atomic mass is 35.5. The molecule has 120 valence electrons. The number of nitrogens with zero attached hydrogens (tertiary/aromatic N) is 6. The third-order valence-electron chi connectivity index (χ3n) is 3.40. The highest BCUT2D eigenvalue weighted by Gasteiger charge is 2.25. The third kappa shape index (κ3) is 3.40. The van der Waals surface area contributed by atoms with E-state index in [1.807, 2.05) is 7.05 Å². The number of hydrogen-bond donors (Lipinski definition) is 1. The Morgan fingerprint density at radius 3 is 3.09 bits per heavy atom. The summed E-state index contributed by atoms with van der Waals surface area (Å²) in [5.41, 5.74) is 0. The zero-order valence-electron chi connectivity index (χ0n) is 11.9. The molecule has 1 atom stereocenters. The van der Waals surface area contributed by atoms with E-state index in [0.29, 0.717) is 11.7 Å². The van der Waals surface area contributed by atoms with Gasteiger partial charge in [0.2, 0.25) is 0 Å². The fourth-order valence-corrected chi connectivity index (χ4v) is 2.24. The predicted octanol–water partition coefficient (Wildman–Crippen LogP) is 0.220. The second-order valence-corrected chi connectivity index (χ2v) is 4.88. The summed E-state index contributed by atoms with van der Waals surface area (Å²) < 4.78 is 6.59. The molecule has 0 radical (unpaired) electrons. The lowest BCUT2D eigenvalue weighted by Crippen LogP contribution is -2.44. The summed E-state index contributed by atoms with van der Waals surface area (Å²) >= 11 is 0. The van der Waals surface area contributed by atoms with E-state index < -0.39 is 4.92 Å². The number of halogens is 1. The van der Waals surface area contributed by atoms with Crippen LogP contribution < -0.4 is 5.32 Å². The number of rotatable bonds is 4. The Morgan fingerprint density at radius 1 is 1.59 bits per heavy atom. The van der Waals surface area contributed by atoms with Crippen molar-refractivity contribution in [2.75, 3.05) is 26.7 Å². The highest BCUT2D eigenvalue weighted by Crippen LogP contribution is 2.17. The molecule has 11 heteroatoms. The minimum atomic E-state index is -0.543. The van der Waals surface area contributed by atoms with E-state index in [0.717, 1.165) is 19.6 Å². The minimum absolute atomic E-state index is 0. The zero-order chi connectivity index (χ0) is 14.8. The van der Waals surface area contributed by atoms with Crippen molar-refractivity contribution in [1.82, 2.24) is 30.1 Å². The van der Waals surface area contributed by atoms with Crippen molar-refractivity contribution >= 4 is 18.2 Å². The van der Waals surface area contributed by atoms with Gasteiger partial charge in [-0.25, -0.2) is 0 Å². The first-order valence-electron chi connectivity index (χ1n) is 6.55. The normalized spacial score (nSPS) is 18.9. The van der Waals surface area contributed by atoms with Gasteiger partial charge in [0.25, 0.3) is 5.89 Å². The molecule has 1 saturated heterocycles. The molecule has 1 aliphatic heterocycles. The molecule has 3 rings (SSSR count). The zero-order valence-corrected chi connectivity index (χ0v) is 12.7. The minimum Gasteiger partial charge on any atom is -0.358 e. The molecule has 1 fully saturated rings. The first-order chi connectivity index (χ1) is 10.1. The summed E-state index contributed by atoms with van der Waals surface area (Å²) in [4.78, 5) is 16.5. The molecule has 0 spiro atoms. The maximum atomic E-state index is 10.6.